The van der Waals surface area contributed by atoms with Gasteiger partial charge in [0.25, 0.3) is 5.69 Å². The lowest BCUT2D eigenvalue weighted by Gasteiger charge is -2.11. The first kappa shape index (κ1) is 15.7. The van der Waals surface area contributed by atoms with Gasteiger partial charge in [-0.25, -0.2) is 4.98 Å². The Bertz CT molecular complexity index is 712. The molecule has 118 valence electrons. The lowest BCUT2D eigenvalue weighted by Crippen LogP contribution is -2.09. The van der Waals surface area contributed by atoms with Crippen LogP contribution in [-0.2, 0) is 12.6 Å². The standard InChI is InChI=1S/C12H11F3N4O3/c1-3-8-6(2)17-18-10(8)22-11-9(12(13,14)15)4-7(5-16-11)19(20)21/h4-5H,3H2,1-2H3,(H,17,18). The number of aromatic nitrogens is 3. The Morgan fingerprint density at radius 3 is 2.64 bits per heavy atom. The van der Waals surface area contributed by atoms with Gasteiger partial charge >= 0.3 is 6.18 Å². The van der Waals surface area contributed by atoms with E-state index in [0.29, 0.717) is 29.9 Å². The molecule has 0 unspecified atom stereocenters. The number of rotatable bonds is 4. The predicted molar refractivity (Wildman–Crippen MR) is 68.7 cm³/mol. The van der Waals surface area contributed by atoms with Crippen LogP contribution in [0.3, 0.4) is 0 Å². The number of pyridine rings is 1. The van der Waals surface area contributed by atoms with E-state index in [1.165, 1.54) is 0 Å². The number of halogens is 3. The molecule has 0 aliphatic heterocycles. The van der Waals surface area contributed by atoms with Crippen molar-refractivity contribution in [2.75, 3.05) is 0 Å². The summed E-state index contributed by atoms with van der Waals surface area (Å²) in [5.74, 6) is -0.814. The second-order valence-electron chi connectivity index (χ2n) is 4.39. The molecule has 1 N–H and O–H groups in total. The average Bonchev–Trinajstić information content (AvgIpc) is 2.78. The average molecular weight is 316 g/mol. The molecule has 10 heteroatoms. The maximum Gasteiger partial charge on any atom is 0.421 e. The summed E-state index contributed by atoms with van der Waals surface area (Å²) < 4.78 is 44.2. The zero-order chi connectivity index (χ0) is 16.5. The van der Waals surface area contributed by atoms with Crippen molar-refractivity contribution >= 4 is 5.69 Å². The molecule has 0 saturated carbocycles. The highest BCUT2D eigenvalue weighted by Crippen LogP contribution is 2.38. The number of hydrogen-bond acceptors (Lipinski definition) is 5. The minimum absolute atomic E-state index is 0.0353. The van der Waals surface area contributed by atoms with Crippen LogP contribution in [0.15, 0.2) is 12.3 Å². The van der Waals surface area contributed by atoms with Gasteiger partial charge in [0.05, 0.1) is 4.92 Å². The van der Waals surface area contributed by atoms with Crippen LogP contribution < -0.4 is 4.74 Å². The van der Waals surface area contributed by atoms with E-state index in [0.717, 1.165) is 0 Å². The van der Waals surface area contributed by atoms with E-state index < -0.39 is 28.2 Å². The van der Waals surface area contributed by atoms with Crippen LogP contribution in [-0.4, -0.2) is 20.1 Å². The Labute approximate surface area is 122 Å². The van der Waals surface area contributed by atoms with E-state index in [1.807, 2.05) is 0 Å². The van der Waals surface area contributed by atoms with Crippen molar-refractivity contribution in [2.45, 2.75) is 26.4 Å². The molecular weight excluding hydrogens is 305 g/mol. The van der Waals surface area contributed by atoms with Crippen LogP contribution in [0.2, 0.25) is 0 Å². The highest BCUT2D eigenvalue weighted by atomic mass is 19.4. The number of aryl methyl sites for hydroxylation is 1. The Hall–Kier alpha value is -2.65. The van der Waals surface area contributed by atoms with Gasteiger partial charge in [0.2, 0.25) is 11.8 Å². The van der Waals surface area contributed by atoms with Gasteiger partial charge in [-0.15, -0.1) is 5.10 Å². The van der Waals surface area contributed by atoms with Gasteiger partial charge in [-0.2, -0.15) is 13.2 Å². The van der Waals surface area contributed by atoms with Crippen LogP contribution in [0.4, 0.5) is 18.9 Å². The molecule has 0 fully saturated rings. The zero-order valence-corrected chi connectivity index (χ0v) is 11.6. The summed E-state index contributed by atoms with van der Waals surface area (Å²) in [5, 5.41) is 17.0. The van der Waals surface area contributed by atoms with Crippen molar-refractivity contribution in [1.29, 1.82) is 0 Å². The van der Waals surface area contributed by atoms with Crippen molar-refractivity contribution in [2.24, 2.45) is 0 Å². The summed E-state index contributed by atoms with van der Waals surface area (Å²) >= 11 is 0. The first-order valence-corrected chi connectivity index (χ1v) is 6.17. The monoisotopic (exact) mass is 316 g/mol. The molecule has 22 heavy (non-hydrogen) atoms. The van der Waals surface area contributed by atoms with Gasteiger partial charge in [-0.1, -0.05) is 6.92 Å². The fourth-order valence-electron chi connectivity index (χ4n) is 1.85. The molecule has 0 spiro atoms. The number of nitrogens with one attached hydrogen (secondary N) is 1. The van der Waals surface area contributed by atoms with Crippen LogP contribution >= 0.6 is 0 Å². The van der Waals surface area contributed by atoms with Gasteiger partial charge in [-0.3, -0.25) is 15.2 Å². The van der Waals surface area contributed by atoms with Gasteiger partial charge in [0.15, 0.2) is 0 Å². The number of hydrogen-bond donors (Lipinski definition) is 1. The third-order valence-corrected chi connectivity index (χ3v) is 2.94. The number of nitrogens with zero attached hydrogens (tertiary/aromatic N) is 3. The molecule has 0 radical (unpaired) electrons. The second kappa shape index (κ2) is 5.62. The van der Waals surface area contributed by atoms with Crippen LogP contribution in [0.5, 0.6) is 11.8 Å². The SMILES string of the molecule is CCc1c(Oc2ncc([N+](=O)[O-])cc2C(F)(F)F)n[nH]c1C. The van der Waals surface area contributed by atoms with Gasteiger partial charge < -0.3 is 4.74 Å². The Morgan fingerprint density at radius 1 is 1.41 bits per heavy atom. The third-order valence-electron chi connectivity index (χ3n) is 2.94. The van der Waals surface area contributed by atoms with Crippen molar-refractivity contribution in [3.63, 3.8) is 0 Å². The molecular formula is C12H11F3N4O3. The number of alkyl halides is 3. The largest absolute Gasteiger partial charge is 0.421 e. The fourth-order valence-corrected chi connectivity index (χ4v) is 1.85. The molecule has 0 aromatic carbocycles. The van der Waals surface area contributed by atoms with E-state index >= 15 is 0 Å². The van der Waals surface area contributed by atoms with Gasteiger partial charge in [0, 0.05) is 17.3 Å². The minimum Gasteiger partial charge on any atom is -0.418 e. The van der Waals surface area contributed by atoms with E-state index in [2.05, 4.69) is 15.2 Å². The van der Waals surface area contributed by atoms with E-state index in [-0.39, 0.29) is 5.88 Å². The molecule has 0 atom stereocenters. The second-order valence-corrected chi connectivity index (χ2v) is 4.39. The topological polar surface area (TPSA) is 93.9 Å². The molecule has 0 bridgehead atoms. The summed E-state index contributed by atoms with van der Waals surface area (Å²) in [7, 11) is 0. The summed E-state index contributed by atoms with van der Waals surface area (Å²) in [6.07, 6.45) is -3.65. The van der Waals surface area contributed by atoms with Crippen molar-refractivity contribution in [1.82, 2.24) is 15.2 Å². The number of H-pyrrole nitrogens is 1. The third kappa shape index (κ3) is 3.00. The summed E-state index contributed by atoms with van der Waals surface area (Å²) in [6.45, 7) is 3.49. The quantitative estimate of drug-likeness (QED) is 0.689. The Morgan fingerprint density at radius 2 is 2.09 bits per heavy atom. The molecule has 2 heterocycles. The van der Waals surface area contributed by atoms with Crippen molar-refractivity contribution in [3.8, 4) is 11.8 Å². The smallest absolute Gasteiger partial charge is 0.418 e. The molecule has 2 aromatic rings. The number of nitro groups is 1. The minimum atomic E-state index is -4.84. The molecule has 0 aliphatic rings. The highest BCUT2D eigenvalue weighted by Gasteiger charge is 2.37. The molecule has 7 nitrogen and oxygen atoms in total. The molecule has 0 aliphatic carbocycles. The van der Waals surface area contributed by atoms with Crippen LogP contribution in [0.1, 0.15) is 23.7 Å². The molecule has 2 aromatic heterocycles. The zero-order valence-electron chi connectivity index (χ0n) is 11.6. The van der Waals surface area contributed by atoms with Gasteiger partial charge in [-0.05, 0) is 13.3 Å². The summed E-state index contributed by atoms with van der Waals surface area (Å²) in [5.41, 5.74) is -0.834. The van der Waals surface area contributed by atoms with E-state index in [9.17, 15) is 23.3 Å². The van der Waals surface area contributed by atoms with Crippen LogP contribution in [0.25, 0.3) is 0 Å². The normalized spacial score (nSPS) is 11.5. The van der Waals surface area contributed by atoms with E-state index in [1.54, 1.807) is 13.8 Å². The fraction of sp³-hybridized carbons (Fsp3) is 0.333. The lowest BCUT2D eigenvalue weighted by atomic mass is 10.2. The van der Waals surface area contributed by atoms with Crippen molar-refractivity contribution in [3.05, 3.63) is 39.2 Å². The highest BCUT2D eigenvalue weighted by molar-refractivity contribution is 5.42. The maximum absolute atomic E-state index is 13.0. The Balaban J connectivity index is 2.48. The number of aromatic amines is 1. The summed E-state index contributed by atoms with van der Waals surface area (Å²) in [4.78, 5) is 13.0. The van der Waals surface area contributed by atoms with Crippen LogP contribution in [0, 0.1) is 17.0 Å². The van der Waals surface area contributed by atoms with Gasteiger partial charge in [0.1, 0.15) is 11.8 Å². The molecule has 0 amide bonds. The van der Waals surface area contributed by atoms with E-state index in [4.69, 9.17) is 4.74 Å². The number of ether oxygens (including phenoxy) is 1. The first-order chi connectivity index (χ1) is 10.2. The Kier molecular flexibility index (Phi) is 4.02. The first-order valence-electron chi connectivity index (χ1n) is 6.17. The predicted octanol–water partition coefficient (Wildman–Crippen LogP) is 3.39. The van der Waals surface area contributed by atoms with Crippen molar-refractivity contribution < 1.29 is 22.8 Å². The maximum atomic E-state index is 13.0. The lowest BCUT2D eigenvalue weighted by molar-refractivity contribution is -0.385. The molecule has 2 rings (SSSR count). The summed E-state index contributed by atoms with van der Waals surface area (Å²) in [6, 6.07) is 0.382. The molecule has 0 saturated heterocycles.